The molecule has 154 valence electrons. The molecular formula is C23H22N2O5. The van der Waals surface area contributed by atoms with Crippen LogP contribution in [-0.2, 0) is 14.3 Å². The first-order valence-electron chi connectivity index (χ1n) is 9.84. The van der Waals surface area contributed by atoms with Crippen LogP contribution in [0.4, 0.5) is 5.69 Å². The highest BCUT2D eigenvalue weighted by Gasteiger charge is 2.26. The molecule has 2 aromatic rings. The first-order chi connectivity index (χ1) is 14.6. The molecule has 2 aliphatic rings. The van der Waals surface area contributed by atoms with Crippen molar-refractivity contribution in [3.63, 3.8) is 0 Å². The van der Waals surface area contributed by atoms with Gasteiger partial charge in [0.25, 0.3) is 0 Å². The lowest BCUT2D eigenvalue weighted by atomic mass is 10.1. The van der Waals surface area contributed by atoms with Crippen molar-refractivity contribution in [2.24, 2.45) is 4.99 Å². The molecule has 7 nitrogen and oxygen atoms in total. The van der Waals surface area contributed by atoms with E-state index in [0.717, 1.165) is 18.7 Å². The van der Waals surface area contributed by atoms with Gasteiger partial charge in [-0.2, -0.15) is 0 Å². The van der Waals surface area contributed by atoms with Crippen molar-refractivity contribution in [3.8, 4) is 11.5 Å². The van der Waals surface area contributed by atoms with Gasteiger partial charge < -0.3 is 19.1 Å². The molecule has 1 amide bonds. The Balaban J connectivity index is 1.60. The van der Waals surface area contributed by atoms with Crippen LogP contribution >= 0.6 is 0 Å². The number of ether oxygens (including phenoxy) is 3. The molecule has 0 radical (unpaired) electrons. The molecule has 0 bridgehead atoms. The van der Waals surface area contributed by atoms with E-state index in [0.29, 0.717) is 35.7 Å². The van der Waals surface area contributed by atoms with Crippen LogP contribution in [0.25, 0.3) is 6.08 Å². The monoisotopic (exact) mass is 406 g/mol. The van der Waals surface area contributed by atoms with Crippen molar-refractivity contribution in [2.75, 3.05) is 25.2 Å². The summed E-state index contributed by atoms with van der Waals surface area (Å²) >= 11 is 0. The molecule has 30 heavy (non-hydrogen) atoms. The molecule has 7 heteroatoms. The average Bonchev–Trinajstić information content (AvgIpc) is 3.34. The summed E-state index contributed by atoms with van der Waals surface area (Å²) in [6.45, 7) is 3.11. The van der Waals surface area contributed by atoms with E-state index < -0.39 is 5.97 Å². The van der Waals surface area contributed by atoms with Crippen LogP contribution in [0.3, 0.4) is 0 Å². The van der Waals surface area contributed by atoms with Gasteiger partial charge in [0.2, 0.25) is 11.8 Å². The minimum atomic E-state index is -0.535. The molecule has 0 saturated carbocycles. The number of carbonyl (C=O) groups is 2. The lowest BCUT2D eigenvalue weighted by molar-refractivity contribution is -0.130. The second-order valence-electron chi connectivity index (χ2n) is 6.84. The van der Waals surface area contributed by atoms with Crippen LogP contribution in [0.5, 0.6) is 11.5 Å². The predicted molar refractivity (Wildman–Crippen MR) is 113 cm³/mol. The lowest BCUT2D eigenvalue weighted by Crippen LogP contribution is -2.23. The number of esters is 1. The summed E-state index contributed by atoms with van der Waals surface area (Å²) in [7, 11) is 1.55. The molecule has 0 unspecified atom stereocenters. The van der Waals surface area contributed by atoms with Crippen LogP contribution in [-0.4, -0.2) is 38.0 Å². The van der Waals surface area contributed by atoms with Gasteiger partial charge in [-0.15, -0.1) is 0 Å². The molecule has 1 fully saturated rings. The van der Waals surface area contributed by atoms with Crippen molar-refractivity contribution in [1.82, 2.24) is 0 Å². The topological polar surface area (TPSA) is 77.4 Å². The highest BCUT2D eigenvalue weighted by molar-refractivity contribution is 6.13. The van der Waals surface area contributed by atoms with Gasteiger partial charge in [-0.05, 0) is 49.8 Å². The normalized spacial score (nSPS) is 17.3. The van der Waals surface area contributed by atoms with E-state index in [9.17, 15) is 9.59 Å². The number of cyclic esters (lactones) is 1. The first kappa shape index (κ1) is 19.7. The Morgan fingerprint density at radius 2 is 1.97 bits per heavy atom. The number of benzene rings is 2. The van der Waals surface area contributed by atoms with Gasteiger partial charge in [-0.25, -0.2) is 9.79 Å². The van der Waals surface area contributed by atoms with Crippen LogP contribution in [0.15, 0.2) is 53.2 Å². The molecule has 0 spiro atoms. The van der Waals surface area contributed by atoms with Gasteiger partial charge in [0.05, 0.1) is 13.7 Å². The minimum absolute atomic E-state index is 0.126. The third-order valence-electron chi connectivity index (χ3n) is 4.93. The van der Waals surface area contributed by atoms with Gasteiger partial charge in [0.15, 0.2) is 17.2 Å². The first-order valence-corrected chi connectivity index (χ1v) is 9.84. The summed E-state index contributed by atoms with van der Waals surface area (Å²) < 4.78 is 16.4. The maximum absolute atomic E-state index is 12.4. The molecule has 2 aliphatic heterocycles. The highest BCUT2D eigenvalue weighted by atomic mass is 16.6. The van der Waals surface area contributed by atoms with Crippen LogP contribution < -0.4 is 14.4 Å². The molecule has 0 atom stereocenters. The zero-order chi connectivity index (χ0) is 21.1. The molecule has 2 heterocycles. The summed E-state index contributed by atoms with van der Waals surface area (Å²) in [4.78, 5) is 30.4. The zero-order valence-electron chi connectivity index (χ0n) is 16.9. The second kappa shape index (κ2) is 8.41. The Kier molecular flexibility index (Phi) is 5.52. The molecule has 2 aromatic carbocycles. The maximum atomic E-state index is 12.4. The lowest BCUT2D eigenvalue weighted by Gasteiger charge is -2.15. The second-order valence-corrected chi connectivity index (χ2v) is 6.84. The number of carbonyl (C=O) groups excluding carboxylic acids is 2. The van der Waals surface area contributed by atoms with Gasteiger partial charge in [-0.3, -0.25) is 4.79 Å². The van der Waals surface area contributed by atoms with Crippen molar-refractivity contribution >= 4 is 29.5 Å². The van der Waals surface area contributed by atoms with Crippen molar-refractivity contribution < 1.29 is 23.8 Å². The number of anilines is 1. The quantitative estimate of drug-likeness (QED) is 0.541. The molecule has 0 aromatic heterocycles. The number of aliphatic imine (C=N–C) groups is 1. The molecule has 4 rings (SSSR count). The van der Waals surface area contributed by atoms with E-state index in [1.165, 1.54) is 0 Å². The Hall–Kier alpha value is -3.61. The fourth-order valence-corrected chi connectivity index (χ4v) is 3.52. The van der Waals surface area contributed by atoms with Crippen molar-refractivity contribution in [3.05, 3.63) is 59.3 Å². The third-order valence-corrected chi connectivity index (χ3v) is 4.93. The Bertz CT molecular complexity index is 1040. The summed E-state index contributed by atoms with van der Waals surface area (Å²) in [5.41, 5.74) is 2.34. The fraction of sp³-hybridized carbons (Fsp3) is 0.261. The summed E-state index contributed by atoms with van der Waals surface area (Å²) in [5, 5.41) is 0. The Morgan fingerprint density at radius 1 is 1.17 bits per heavy atom. The smallest absolute Gasteiger partial charge is 0.363 e. The minimum Gasteiger partial charge on any atom is -0.492 e. The van der Waals surface area contributed by atoms with Crippen LogP contribution in [0.2, 0.25) is 0 Å². The number of hydrogen-bond acceptors (Lipinski definition) is 6. The SMILES string of the molecule is CCOc1cccc(/C=C2\N=C(c3ccc(N4CCCC4=O)cc3)OC2=O)c1OC. The Morgan fingerprint density at radius 3 is 2.63 bits per heavy atom. The number of amides is 1. The predicted octanol–water partition coefficient (Wildman–Crippen LogP) is 3.57. The molecule has 1 saturated heterocycles. The third kappa shape index (κ3) is 3.78. The van der Waals surface area contributed by atoms with Gasteiger partial charge in [0, 0.05) is 29.8 Å². The van der Waals surface area contributed by atoms with Gasteiger partial charge in [-0.1, -0.05) is 12.1 Å². The number of rotatable bonds is 6. The number of para-hydroxylation sites is 1. The summed E-state index contributed by atoms with van der Waals surface area (Å²) in [6, 6.07) is 12.7. The largest absolute Gasteiger partial charge is 0.492 e. The summed E-state index contributed by atoms with van der Waals surface area (Å²) in [5.74, 6) is 0.943. The maximum Gasteiger partial charge on any atom is 0.363 e. The molecule has 0 N–H and O–H groups in total. The van der Waals surface area contributed by atoms with E-state index in [4.69, 9.17) is 14.2 Å². The highest BCUT2D eigenvalue weighted by Crippen LogP contribution is 2.33. The standard InChI is InChI=1S/C23H22N2O5/c1-3-29-19-7-4-6-16(21(19)28-2)14-18-23(27)30-22(24-18)15-9-11-17(12-10-15)25-13-5-8-20(25)26/h4,6-7,9-12,14H,3,5,8,13H2,1-2H3/b18-14-. The average molecular weight is 406 g/mol. The molecular weight excluding hydrogens is 384 g/mol. The van der Waals surface area contributed by atoms with E-state index in [2.05, 4.69) is 4.99 Å². The molecule has 0 aliphatic carbocycles. The Labute approximate surface area is 174 Å². The number of nitrogens with zero attached hydrogens (tertiary/aromatic N) is 2. The van der Waals surface area contributed by atoms with E-state index in [1.54, 1.807) is 36.3 Å². The van der Waals surface area contributed by atoms with Gasteiger partial charge in [0.1, 0.15) is 0 Å². The zero-order valence-corrected chi connectivity index (χ0v) is 16.9. The van der Waals surface area contributed by atoms with Crippen LogP contribution in [0, 0.1) is 0 Å². The van der Waals surface area contributed by atoms with E-state index >= 15 is 0 Å². The van der Waals surface area contributed by atoms with Crippen molar-refractivity contribution in [1.29, 1.82) is 0 Å². The van der Waals surface area contributed by atoms with Gasteiger partial charge >= 0.3 is 5.97 Å². The number of methoxy groups -OCH3 is 1. The van der Waals surface area contributed by atoms with Crippen LogP contribution in [0.1, 0.15) is 30.9 Å². The fourth-order valence-electron chi connectivity index (χ4n) is 3.52. The number of hydrogen-bond donors (Lipinski definition) is 0. The summed E-state index contributed by atoms with van der Waals surface area (Å²) in [6.07, 6.45) is 3.06. The van der Waals surface area contributed by atoms with E-state index in [-0.39, 0.29) is 17.5 Å². The van der Waals surface area contributed by atoms with Crippen molar-refractivity contribution in [2.45, 2.75) is 19.8 Å². The van der Waals surface area contributed by atoms with E-state index in [1.807, 2.05) is 31.2 Å².